The van der Waals surface area contributed by atoms with Crippen molar-refractivity contribution in [3.05, 3.63) is 0 Å². The Labute approximate surface area is 89.0 Å². The first-order chi connectivity index (χ1) is 6.99. The zero-order valence-corrected chi connectivity index (χ0v) is 8.95. The van der Waals surface area contributed by atoms with Gasteiger partial charge in [0.25, 0.3) is 0 Å². The van der Waals surface area contributed by atoms with Gasteiger partial charge in [-0.3, -0.25) is 9.59 Å². The monoisotopic (exact) mass is 214 g/mol. The summed E-state index contributed by atoms with van der Waals surface area (Å²) in [6.45, 7) is 1.83. The second-order valence-electron chi connectivity index (χ2n) is 4.21. The van der Waals surface area contributed by atoms with Crippen molar-refractivity contribution in [3.63, 3.8) is 0 Å². The fourth-order valence-corrected chi connectivity index (χ4v) is 1.78. The zero-order valence-electron chi connectivity index (χ0n) is 8.95. The predicted octanol–water partition coefficient (Wildman–Crippen LogP) is 0.237. The van der Waals surface area contributed by atoms with Gasteiger partial charge in [-0.25, -0.2) is 0 Å². The van der Waals surface area contributed by atoms with E-state index in [1.165, 1.54) is 0 Å². The molecule has 86 valence electrons. The number of amides is 1. The highest BCUT2D eigenvalue weighted by atomic mass is 16.4. The molecule has 1 fully saturated rings. The topological polar surface area (TPSA) is 92.4 Å². The smallest absolute Gasteiger partial charge is 0.305 e. The van der Waals surface area contributed by atoms with Crippen LogP contribution in [0.3, 0.4) is 0 Å². The first-order valence-corrected chi connectivity index (χ1v) is 5.28. The van der Waals surface area contributed by atoms with E-state index in [1.54, 1.807) is 0 Å². The summed E-state index contributed by atoms with van der Waals surface area (Å²) in [5, 5.41) is 11.5. The van der Waals surface area contributed by atoms with Gasteiger partial charge in [-0.15, -0.1) is 0 Å². The van der Waals surface area contributed by atoms with Crippen LogP contribution in [0.25, 0.3) is 0 Å². The molecule has 0 unspecified atom stereocenters. The molecule has 0 heterocycles. The molecule has 0 radical (unpaired) electrons. The molecule has 4 N–H and O–H groups in total. The molecule has 0 aromatic heterocycles. The van der Waals surface area contributed by atoms with Crippen molar-refractivity contribution in [2.24, 2.45) is 5.73 Å². The number of aliphatic carboxylic acids is 1. The summed E-state index contributed by atoms with van der Waals surface area (Å²) in [6, 6.07) is -0.531. The normalized spacial score (nSPS) is 20.1. The SMILES string of the molecule is CC[C@H](N)C(=O)NC1(CC(=O)O)CCC1. The Hall–Kier alpha value is -1.10. The van der Waals surface area contributed by atoms with Crippen molar-refractivity contribution in [1.29, 1.82) is 0 Å². The summed E-state index contributed by atoms with van der Waals surface area (Å²) in [5.41, 5.74) is 5.04. The fraction of sp³-hybridized carbons (Fsp3) is 0.800. The molecule has 1 aliphatic carbocycles. The Morgan fingerprint density at radius 3 is 2.47 bits per heavy atom. The number of hydrogen-bond donors (Lipinski definition) is 3. The van der Waals surface area contributed by atoms with Gasteiger partial charge in [0.05, 0.1) is 18.0 Å². The van der Waals surface area contributed by atoms with Gasteiger partial charge < -0.3 is 16.2 Å². The standard InChI is InChI=1S/C10H18N2O3/c1-2-7(11)9(15)12-10(4-3-5-10)6-8(13)14/h7H,2-6,11H2,1H3,(H,12,15)(H,13,14)/t7-/m0/s1. The molecule has 0 aromatic rings. The summed E-state index contributed by atoms with van der Waals surface area (Å²) < 4.78 is 0. The maximum atomic E-state index is 11.5. The molecule has 5 heteroatoms. The molecule has 1 atom stereocenters. The summed E-state index contributed by atoms with van der Waals surface area (Å²) in [4.78, 5) is 22.2. The molecule has 1 rings (SSSR count). The lowest BCUT2D eigenvalue weighted by atomic mass is 9.74. The van der Waals surface area contributed by atoms with E-state index in [0.29, 0.717) is 6.42 Å². The van der Waals surface area contributed by atoms with Crippen LogP contribution in [0.15, 0.2) is 0 Å². The van der Waals surface area contributed by atoms with E-state index in [2.05, 4.69) is 5.32 Å². The first-order valence-electron chi connectivity index (χ1n) is 5.28. The van der Waals surface area contributed by atoms with Crippen LogP contribution in [0, 0.1) is 0 Å². The number of carbonyl (C=O) groups excluding carboxylic acids is 1. The molecule has 0 aliphatic heterocycles. The Bertz CT molecular complexity index is 261. The Balaban J connectivity index is 2.53. The van der Waals surface area contributed by atoms with Crippen LogP contribution < -0.4 is 11.1 Å². The Morgan fingerprint density at radius 1 is 1.53 bits per heavy atom. The number of rotatable bonds is 5. The van der Waals surface area contributed by atoms with Gasteiger partial charge in [-0.1, -0.05) is 6.92 Å². The molecule has 5 nitrogen and oxygen atoms in total. The maximum Gasteiger partial charge on any atom is 0.305 e. The highest BCUT2D eigenvalue weighted by Crippen LogP contribution is 2.34. The summed E-state index contributed by atoms with van der Waals surface area (Å²) in [6.07, 6.45) is 3.00. The minimum atomic E-state index is -0.875. The lowest BCUT2D eigenvalue weighted by molar-refractivity contribution is -0.140. The van der Waals surface area contributed by atoms with Gasteiger partial charge in [0.1, 0.15) is 0 Å². The maximum absolute atomic E-state index is 11.5. The quantitative estimate of drug-likeness (QED) is 0.611. The van der Waals surface area contributed by atoms with E-state index < -0.39 is 17.6 Å². The lowest BCUT2D eigenvalue weighted by Crippen LogP contribution is -2.58. The molecule has 1 saturated carbocycles. The molecule has 0 aromatic carbocycles. The van der Waals surface area contributed by atoms with Crippen LogP contribution >= 0.6 is 0 Å². The largest absolute Gasteiger partial charge is 0.481 e. The summed E-state index contributed by atoms with van der Waals surface area (Å²) in [5.74, 6) is -1.11. The molecule has 15 heavy (non-hydrogen) atoms. The van der Waals surface area contributed by atoms with Crippen molar-refractivity contribution < 1.29 is 14.7 Å². The van der Waals surface area contributed by atoms with Crippen molar-refractivity contribution in [3.8, 4) is 0 Å². The van der Waals surface area contributed by atoms with E-state index in [4.69, 9.17) is 10.8 Å². The van der Waals surface area contributed by atoms with E-state index in [-0.39, 0.29) is 12.3 Å². The van der Waals surface area contributed by atoms with Crippen LogP contribution in [0.2, 0.25) is 0 Å². The average Bonchev–Trinajstić information content (AvgIpc) is 2.12. The third-order valence-corrected chi connectivity index (χ3v) is 2.97. The van der Waals surface area contributed by atoms with Crippen LogP contribution in [0.1, 0.15) is 39.0 Å². The van der Waals surface area contributed by atoms with Gasteiger partial charge in [0, 0.05) is 0 Å². The van der Waals surface area contributed by atoms with Gasteiger partial charge in [0.15, 0.2) is 0 Å². The van der Waals surface area contributed by atoms with Crippen molar-refractivity contribution in [1.82, 2.24) is 5.32 Å². The minimum absolute atomic E-state index is 0.00479. The highest BCUT2D eigenvalue weighted by molar-refractivity contribution is 5.83. The van der Waals surface area contributed by atoms with Crippen LogP contribution in [-0.2, 0) is 9.59 Å². The summed E-state index contributed by atoms with van der Waals surface area (Å²) >= 11 is 0. The summed E-state index contributed by atoms with van der Waals surface area (Å²) in [7, 11) is 0. The number of hydrogen-bond acceptors (Lipinski definition) is 3. The van der Waals surface area contributed by atoms with Crippen LogP contribution in [-0.4, -0.2) is 28.6 Å². The van der Waals surface area contributed by atoms with E-state index in [0.717, 1.165) is 19.3 Å². The van der Waals surface area contributed by atoms with Crippen LogP contribution in [0.4, 0.5) is 0 Å². The Kier molecular flexibility index (Phi) is 3.68. The van der Waals surface area contributed by atoms with Crippen molar-refractivity contribution in [2.75, 3.05) is 0 Å². The van der Waals surface area contributed by atoms with Gasteiger partial charge in [0.2, 0.25) is 5.91 Å². The van der Waals surface area contributed by atoms with Gasteiger partial charge >= 0.3 is 5.97 Å². The third kappa shape index (κ3) is 2.92. The number of carboxylic acid groups (broad SMARTS) is 1. The second-order valence-corrected chi connectivity index (χ2v) is 4.21. The zero-order chi connectivity index (χ0) is 11.5. The van der Waals surface area contributed by atoms with E-state index >= 15 is 0 Å². The fourth-order valence-electron chi connectivity index (χ4n) is 1.78. The molecular formula is C10H18N2O3. The lowest BCUT2D eigenvalue weighted by Gasteiger charge is -2.42. The minimum Gasteiger partial charge on any atom is -0.481 e. The van der Waals surface area contributed by atoms with Crippen molar-refractivity contribution >= 4 is 11.9 Å². The van der Waals surface area contributed by atoms with Gasteiger partial charge in [-0.05, 0) is 25.7 Å². The van der Waals surface area contributed by atoms with E-state index in [9.17, 15) is 9.59 Å². The predicted molar refractivity (Wildman–Crippen MR) is 55.2 cm³/mol. The molecule has 0 saturated heterocycles. The molecular weight excluding hydrogens is 196 g/mol. The van der Waals surface area contributed by atoms with Gasteiger partial charge in [-0.2, -0.15) is 0 Å². The van der Waals surface area contributed by atoms with Crippen molar-refractivity contribution in [2.45, 2.75) is 50.6 Å². The number of nitrogens with one attached hydrogen (secondary N) is 1. The van der Waals surface area contributed by atoms with Crippen LogP contribution in [0.5, 0.6) is 0 Å². The first kappa shape index (κ1) is 12.0. The second kappa shape index (κ2) is 4.61. The number of nitrogens with two attached hydrogens (primary N) is 1. The highest BCUT2D eigenvalue weighted by Gasteiger charge is 2.40. The Morgan fingerprint density at radius 2 is 2.13 bits per heavy atom. The van der Waals surface area contributed by atoms with E-state index in [1.807, 2.05) is 6.92 Å². The molecule has 0 spiro atoms. The number of carbonyl (C=O) groups is 2. The third-order valence-electron chi connectivity index (χ3n) is 2.97. The molecule has 1 aliphatic rings. The average molecular weight is 214 g/mol. The number of carboxylic acids is 1. The molecule has 0 bridgehead atoms. The molecule has 1 amide bonds.